The Bertz CT molecular complexity index is 2670. The van der Waals surface area contributed by atoms with Gasteiger partial charge >= 0.3 is 0 Å². The zero-order chi connectivity index (χ0) is 30.2. The van der Waals surface area contributed by atoms with Crippen LogP contribution in [0, 0.1) is 0 Å². The second kappa shape index (κ2) is 9.68. The van der Waals surface area contributed by atoms with E-state index in [1.807, 2.05) is 30.3 Å². The fraction of sp³-hybridized carbons (Fsp3) is 0.0238. The summed E-state index contributed by atoms with van der Waals surface area (Å²) in [6.45, 7) is 0. The van der Waals surface area contributed by atoms with E-state index in [0.29, 0.717) is 17.5 Å². The minimum absolute atomic E-state index is 0.616. The highest BCUT2D eigenvalue weighted by Gasteiger charge is 2.25. The van der Waals surface area contributed by atoms with Gasteiger partial charge in [-0.05, 0) is 63.0 Å². The Morgan fingerprint density at radius 3 is 2.02 bits per heavy atom. The summed E-state index contributed by atoms with van der Waals surface area (Å²) in [4.78, 5) is 15.3. The monoisotopic (exact) mass is 587 g/mol. The molecule has 1 aliphatic rings. The zero-order valence-corrected chi connectivity index (χ0v) is 24.7. The van der Waals surface area contributed by atoms with Gasteiger partial charge in [-0.15, -0.1) is 0 Å². The van der Waals surface area contributed by atoms with Crippen molar-refractivity contribution in [3.05, 3.63) is 151 Å². The van der Waals surface area contributed by atoms with E-state index in [1.165, 1.54) is 33.0 Å². The van der Waals surface area contributed by atoms with Gasteiger partial charge < -0.3 is 4.42 Å². The SMILES string of the molecule is c1ccc(-c2nc(-c3ccc4c(c3)oc3c5ccccc5ccc43)nc(-c3cccc4c3-c3ccc5ccccc5c3C4)n2)cc1. The summed E-state index contributed by atoms with van der Waals surface area (Å²) < 4.78 is 6.52. The maximum Gasteiger partial charge on any atom is 0.164 e. The number of fused-ring (bicyclic) bond motifs is 10. The molecule has 1 aliphatic carbocycles. The van der Waals surface area contributed by atoms with Gasteiger partial charge in [0.1, 0.15) is 11.2 Å². The molecule has 0 saturated carbocycles. The molecule has 0 fully saturated rings. The van der Waals surface area contributed by atoms with Crippen LogP contribution in [0.25, 0.3) is 88.8 Å². The summed E-state index contributed by atoms with van der Waals surface area (Å²) in [7, 11) is 0. The Balaban J connectivity index is 1.18. The van der Waals surface area contributed by atoms with Crippen molar-refractivity contribution in [2.75, 3.05) is 0 Å². The molecule has 4 nitrogen and oxygen atoms in total. The number of hydrogen-bond acceptors (Lipinski definition) is 4. The van der Waals surface area contributed by atoms with Crippen LogP contribution in [0.2, 0.25) is 0 Å². The largest absolute Gasteiger partial charge is 0.455 e. The van der Waals surface area contributed by atoms with E-state index in [2.05, 4.69) is 109 Å². The van der Waals surface area contributed by atoms with Gasteiger partial charge in [0, 0.05) is 32.8 Å². The molecule has 46 heavy (non-hydrogen) atoms. The molecule has 0 atom stereocenters. The molecular formula is C42H25N3O. The van der Waals surface area contributed by atoms with Gasteiger partial charge in [0.25, 0.3) is 0 Å². The van der Waals surface area contributed by atoms with Crippen molar-refractivity contribution >= 4 is 43.5 Å². The van der Waals surface area contributed by atoms with Crippen molar-refractivity contribution in [3.8, 4) is 45.3 Å². The van der Waals surface area contributed by atoms with Crippen LogP contribution in [-0.4, -0.2) is 15.0 Å². The van der Waals surface area contributed by atoms with E-state index < -0.39 is 0 Å². The summed E-state index contributed by atoms with van der Waals surface area (Å²) in [6, 6.07) is 48.7. The molecule has 10 rings (SSSR count). The third-order valence-corrected chi connectivity index (χ3v) is 9.36. The first-order chi connectivity index (χ1) is 22.8. The standard InChI is InChI=1S/C42H25N3O/c1-2-11-27(12-3-1)40-43-41(29-19-20-32-34-22-18-26-10-5-7-15-31(26)39(34)46-37(32)24-29)45-42(44-40)35-16-8-13-28-23-36-30-14-6-4-9-25(30)17-21-33(36)38(28)35/h1-22,24H,23H2. The van der Waals surface area contributed by atoms with E-state index in [4.69, 9.17) is 19.4 Å². The first-order valence-corrected chi connectivity index (χ1v) is 15.6. The Morgan fingerprint density at radius 2 is 1.15 bits per heavy atom. The molecule has 0 saturated heterocycles. The van der Waals surface area contributed by atoms with E-state index in [9.17, 15) is 0 Å². The van der Waals surface area contributed by atoms with Gasteiger partial charge in [0.2, 0.25) is 0 Å². The summed E-state index contributed by atoms with van der Waals surface area (Å²) in [5, 5.41) is 7.01. The molecule has 0 amide bonds. The minimum atomic E-state index is 0.616. The summed E-state index contributed by atoms with van der Waals surface area (Å²) in [5.74, 6) is 1.92. The van der Waals surface area contributed by atoms with Crippen molar-refractivity contribution in [1.82, 2.24) is 15.0 Å². The van der Waals surface area contributed by atoms with E-state index in [0.717, 1.165) is 55.8 Å². The van der Waals surface area contributed by atoms with Gasteiger partial charge in [-0.3, -0.25) is 0 Å². The number of nitrogens with zero attached hydrogens (tertiary/aromatic N) is 3. The number of rotatable bonds is 3. The average molecular weight is 588 g/mol. The highest BCUT2D eigenvalue weighted by atomic mass is 16.3. The van der Waals surface area contributed by atoms with Crippen molar-refractivity contribution in [2.45, 2.75) is 6.42 Å². The van der Waals surface area contributed by atoms with E-state index in [1.54, 1.807) is 0 Å². The van der Waals surface area contributed by atoms with Gasteiger partial charge in [-0.2, -0.15) is 0 Å². The van der Waals surface area contributed by atoms with Crippen LogP contribution in [0.4, 0.5) is 0 Å². The summed E-state index contributed by atoms with van der Waals surface area (Å²) >= 11 is 0. The molecule has 4 heteroatoms. The third kappa shape index (κ3) is 3.77. The minimum Gasteiger partial charge on any atom is -0.455 e. The van der Waals surface area contributed by atoms with Gasteiger partial charge in [0.05, 0.1) is 0 Å². The van der Waals surface area contributed by atoms with Gasteiger partial charge in [-0.1, -0.05) is 121 Å². The Morgan fingerprint density at radius 1 is 0.457 bits per heavy atom. The van der Waals surface area contributed by atoms with E-state index >= 15 is 0 Å². The zero-order valence-electron chi connectivity index (χ0n) is 24.7. The molecule has 214 valence electrons. The first kappa shape index (κ1) is 25.2. The first-order valence-electron chi connectivity index (χ1n) is 15.6. The molecule has 0 spiro atoms. The molecular weight excluding hydrogens is 562 g/mol. The van der Waals surface area contributed by atoms with Crippen molar-refractivity contribution < 1.29 is 4.42 Å². The van der Waals surface area contributed by atoms with Crippen LogP contribution in [0.15, 0.2) is 144 Å². The summed E-state index contributed by atoms with van der Waals surface area (Å²) in [6.07, 6.45) is 0.890. The second-order valence-corrected chi connectivity index (χ2v) is 12.0. The van der Waals surface area contributed by atoms with Crippen LogP contribution < -0.4 is 0 Å². The Labute approximate surface area is 264 Å². The summed E-state index contributed by atoms with van der Waals surface area (Å²) in [5.41, 5.74) is 9.68. The number of furan rings is 1. The highest BCUT2D eigenvalue weighted by Crippen LogP contribution is 2.45. The molecule has 0 unspecified atom stereocenters. The van der Waals surface area contributed by atoms with Crippen molar-refractivity contribution in [2.24, 2.45) is 0 Å². The Kier molecular flexibility index (Phi) is 5.31. The molecule has 2 heterocycles. The molecule has 7 aromatic carbocycles. The topological polar surface area (TPSA) is 51.8 Å². The predicted molar refractivity (Wildman–Crippen MR) is 187 cm³/mol. The van der Waals surface area contributed by atoms with E-state index in [-0.39, 0.29) is 0 Å². The Hall–Kier alpha value is -6.13. The number of aromatic nitrogens is 3. The quantitative estimate of drug-likeness (QED) is 0.206. The van der Waals surface area contributed by atoms with Crippen LogP contribution in [0.1, 0.15) is 11.1 Å². The molecule has 0 N–H and O–H groups in total. The molecule has 0 bridgehead atoms. The fourth-order valence-corrected chi connectivity index (χ4v) is 7.19. The van der Waals surface area contributed by atoms with Crippen LogP contribution in [0.5, 0.6) is 0 Å². The van der Waals surface area contributed by atoms with Crippen molar-refractivity contribution in [3.63, 3.8) is 0 Å². The van der Waals surface area contributed by atoms with Crippen LogP contribution in [0.3, 0.4) is 0 Å². The fourth-order valence-electron chi connectivity index (χ4n) is 7.19. The number of benzene rings is 7. The predicted octanol–water partition coefficient (Wildman–Crippen LogP) is 10.6. The van der Waals surface area contributed by atoms with Crippen molar-refractivity contribution in [1.29, 1.82) is 0 Å². The lowest BCUT2D eigenvalue weighted by Crippen LogP contribution is -2.01. The molecule has 0 aliphatic heterocycles. The molecule has 9 aromatic rings. The number of hydrogen-bond donors (Lipinski definition) is 0. The molecule has 2 aromatic heterocycles. The third-order valence-electron chi connectivity index (χ3n) is 9.36. The normalized spacial score (nSPS) is 12.3. The average Bonchev–Trinajstić information content (AvgIpc) is 3.70. The van der Waals surface area contributed by atoms with Crippen LogP contribution >= 0.6 is 0 Å². The lowest BCUT2D eigenvalue weighted by molar-refractivity contribution is 0.673. The van der Waals surface area contributed by atoms with Gasteiger partial charge in [0.15, 0.2) is 17.5 Å². The highest BCUT2D eigenvalue weighted by molar-refractivity contribution is 6.15. The molecule has 0 radical (unpaired) electrons. The second-order valence-electron chi connectivity index (χ2n) is 12.0. The maximum absolute atomic E-state index is 6.52. The van der Waals surface area contributed by atoms with Gasteiger partial charge in [-0.25, -0.2) is 15.0 Å². The van der Waals surface area contributed by atoms with Crippen LogP contribution in [-0.2, 0) is 6.42 Å². The smallest absolute Gasteiger partial charge is 0.164 e. The lowest BCUT2D eigenvalue weighted by atomic mass is 9.96. The maximum atomic E-state index is 6.52. The lowest BCUT2D eigenvalue weighted by Gasteiger charge is -2.12.